The molecule has 0 aromatic heterocycles. The maximum absolute atomic E-state index is 11.9. The molecule has 0 N–H and O–H groups in total. The van der Waals surface area contributed by atoms with Crippen molar-refractivity contribution >= 4 is 16.1 Å². The number of carbonyl (C=O) groups is 1. The molecule has 1 aliphatic heterocycles. The monoisotopic (exact) mass is 364 g/mol. The molecule has 6 nitrogen and oxygen atoms in total. The van der Waals surface area contributed by atoms with E-state index in [1.165, 1.54) is 12.1 Å². The van der Waals surface area contributed by atoms with Crippen LogP contribution < -0.4 is 29.6 Å². The zero-order valence-corrected chi connectivity index (χ0v) is 17.0. The Bertz CT molecular complexity index is 639. The van der Waals surface area contributed by atoms with E-state index in [1.807, 2.05) is 13.8 Å². The molecule has 128 valence electrons. The van der Waals surface area contributed by atoms with Crippen LogP contribution in [0.4, 0.5) is 0 Å². The fourth-order valence-corrected chi connectivity index (χ4v) is 2.92. The maximum Gasteiger partial charge on any atom is 1.00 e. The number of epoxide rings is 1. The number of rotatable bonds is 8. The van der Waals surface area contributed by atoms with Gasteiger partial charge in [0.15, 0.2) is 0 Å². The Labute approximate surface area is 165 Å². The van der Waals surface area contributed by atoms with E-state index in [0.717, 1.165) is 12.0 Å². The first-order valence-electron chi connectivity index (χ1n) is 7.65. The average molecular weight is 364 g/mol. The van der Waals surface area contributed by atoms with Gasteiger partial charge >= 0.3 is 35.5 Å². The zero-order valence-electron chi connectivity index (χ0n) is 14.2. The van der Waals surface area contributed by atoms with Crippen molar-refractivity contribution in [2.45, 2.75) is 43.6 Å². The quantitative estimate of drug-likeness (QED) is 0.256. The molecule has 0 bridgehead atoms. The molecule has 3 unspecified atom stereocenters. The summed E-state index contributed by atoms with van der Waals surface area (Å²) in [6.07, 6.45) is 1.45. The minimum Gasteiger partial charge on any atom is -0.744 e. The van der Waals surface area contributed by atoms with E-state index in [4.69, 9.17) is 9.47 Å². The number of ether oxygens (including phenoxy) is 2. The smallest absolute Gasteiger partial charge is 0.744 e. The van der Waals surface area contributed by atoms with Gasteiger partial charge in [0.2, 0.25) is 0 Å². The van der Waals surface area contributed by atoms with Crippen molar-refractivity contribution in [3.05, 3.63) is 29.8 Å². The van der Waals surface area contributed by atoms with E-state index in [0.29, 0.717) is 19.6 Å². The Morgan fingerprint density at radius 1 is 1.38 bits per heavy atom. The van der Waals surface area contributed by atoms with Gasteiger partial charge in [-0.05, 0) is 36.5 Å². The molecule has 1 aromatic carbocycles. The van der Waals surface area contributed by atoms with Crippen LogP contribution in [-0.4, -0.2) is 38.3 Å². The second kappa shape index (κ2) is 9.31. The molecule has 1 saturated heterocycles. The summed E-state index contributed by atoms with van der Waals surface area (Å²) in [7, 11) is -4.43. The van der Waals surface area contributed by atoms with E-state index in [2.05, 4.69) is 0 Å². The van der Waals surface area contributed by atoms with Crippen molar-refractivity contribution in [2.24, 2.45) is 5.92 Å². The summed E-state index contributed by atoms with van der Waals surface area (Å²) >= 11 is 0. The molecule has 3 atom stereocenters. The molecular weight excluding hydrogens is 343 g/mol. The second-order valence-corrected chi connectivity index (χ2v) is 7.23. The van der Waals surface area contributed by atoms with Crippen molar-refractivity contribution in [1.29, 1.82) is 0 Å². The minimum atomic E-state index is -4.43. The Morgan fingerprint density at radius 3 is 2.42 bits per heavy atom. The third-order valence-corrected chi connectivity index (χ3v) is 4.84. The number of hydrogen-bond donors (Lipinski definition) is 0. The van der Waals surface area contributed by atoms with Crippen LogP contribution in [0.25, 0.3) is 0 Å². The largest absolute Gasteiger partial charge is 1.00 e. The third-order valence-electron chi connectivity index (χ3n) is 3.99. The first-order valence-corrected chi connectivity index (χ1v) is 9.06. The van der Waals surface area contributed by atoms with E-state index in [-0.39, 0.29) is 58.4 Å². The Hall–Kier alpha value is -0.440. The minimum absolute atomic E-state index is 0. The van der Waals surface area contributed by atoms with Crippen molar-refractivity contribution in [3.63, 3.8) is 0 Å². The summed E-state index contributed by atoms with van der Waals surface area (Å²) in [5.74, 6) is -0.419. The van der Waals surface area contributed by atoms with Gasteiger partial charge < -0.3 is 14.0 Å². The van der Waals surface area contributed by atoms with Crippen LogP contribution in [0, 0.1) is 5.92 Å². The molecular formula is C16H21NaO6S. The Kier molecular flexibility index (Phi) is 8.38. The zero-order chi connectivity index (χ0) is 17.0. The van der Waals surface area contributed by atoms with Crippen LogP contribution in [0.5, 0.6) is 0 Å². The molecule has 24 heavy (non-hydrogen) atoms. The van der Waals surface area contributed by atoms with Gasteiger partial charge in [0, 0.05) is 0 Å². The summed E-state index contributed by atoms with van der Waals surface area (Å²) in [6.45, 7) is 4.76. The SMILES string of the molecule is CCC(CC(C)C(=O)OCC1CO1)c1ccc(S(=O)(=O)[O-])cc1.[Na+]. The summed E-state index contributed by atoms with van der Waals surface area (Å²) in [5, 5.41) is 0. The first kappa shape index (κ1) is 21.6. The molecule has 2 rings (SSSR count). The third kappa shape index (κ3) is 6.46. The van der Waals surface area contributed by atoms with Crippen molar-refractivity contribution in [2.75, 3.05) is 13.2 Å². The van der Waals surface area contributed by atoms with E-state index >= 15 is 0 Å². The van der Waals surface area contributed by atoms with Gasteiger partial charge in [0.25, 0.3) is 0 Å². The van der Waals surface area contributed by atoms with Crippen molar-refractivity contribution in [3.8, 4) is 0 Å². The van der Waals surface area contributed by atoms with Crippen LogP contribution >= 0.6 is 0 Å². The van der Waals surface area contributed by atoms with Crippen LogP contribution in [-0.2, 0) is 24.4 Å². The normalized spacial score (nSPS) is 19.0. The van der Waals surface area contributed by atoms with E-state index < -0.39 is 10.1 Å². The number of esters is 1. The van der Waals surface area contributed by atoms with Gasteiger partial charge in [0.1, 0.15) is 22.8 Å². The maximum atomic E-state index is 11.9. The summed E-state index contributed by atoms with van der Waals surface area (Å²) < 4.78 is 43.1. The van der Waals surface area contributed by atoms with Gasteiger partial charge in [-0.2, -0.15) is 0 Å². The number of hydrogen-bond acceptors (Lipinski definition) is 6. The number of benzene rings is 1. The van der Waals surface area contributed by atoms with Crippen LogP contribution in [0.2, 0.25) is 0 Å². The molecule has 8 heteroatoms. The van der Waals surface area contributed by atoms with Gasteiger partial charge in [-0.3, -0.25) is 4.79 Å². The second-order valence-electron chi connectivity index (χ2n) is 5.85. The molecule has 0 aliphatic carbocycles. The van der Waals surface area contributed by atoms with E-state index in [9.17, 15) is 17.8 Å². The summed E-state index contributed by atoms with van der Waals surface area (Å²) in [5.41, 5.74) is 0.907. The standard InChI is InChI=1S/C16H22O6S.Na/c1-3-12(8-11(2)16(17)22-10-14-9-21-14)13-4-6-15(7-5-13)23(18,19)20;/h4-7,11-12,14H,3,8-10H2,1-2H3,(H,18,19,20);/q;+1/p-1. The Morgan fingerprint density at radius 2 is 1.96 bits per heavy atom. The number of carbonyl (C=O) groups excluding carboxylic acids is 1. The first-order chi connectivity index (χ1) is 10.8. The summed E-state index contributed by atoms with van der Waals surface area (Å²) in [4.78, 5) is 11.7. The van der Waals surface area contributed by atoms with Gasteiger partial charge in [-0.25, -0.2) is 8.42 Å². The molecule has 0 spiro atoms. The Balaban J connectivity index is 0.00000288. The molecule has 1 aromatic rings. The van der Waals surface area contributed by atoms with Crippen molar-refractivity contribution in [1.82, 2.24) is 0 Å². The van der Waals surface area contributed by atoms with Gasteiger partial charge in [0.05, 0.1) is 17.4 Å². The van der Waals surface area contributed by atoms with E-state index in [1.54, 1.807) is 12.1 Å². The average Bonchev–Trinajstić information content (AvgIpc) is 3.33. The van der Waals surface area contributed by atoms with Crippen LogP contribution in [0.3, 0.4) is 0 Å². The predicted molar refractivity (Wildman–Crippen MR) is 81.9 cm³/mol. The fourth-order valence-electron chi connectivity index (χ4n) is 2.45. The van der Waals surface area contributed by atoms with Crippen molar-refractivity contribution < 1.29 is 56.8 Å². The molecule has 0 amide bonds. The topological polar surface area (TPSA) is 96.0 Å². The van der Waals surface area contributed by atoms with Crippen LogP contribution in [0.15, 0.2) is 29.2 Å². The van der Waals surface area contributed by atoms with Gasteiger partial charge in [-0.1, -0.05) is 26.0 Å². The summed E-state index contributed by atoms with van der Waals surface area (Å²) in [6, 6.07) is 5.89. The molecule has 0 radical (unpaired) electrons. The van der Waals surface area contributed by atoms with Crippen LogP contribution in [0.1, 0.15) is 38.2 Å². The molecule has 1 aliphatic rings. The van der Waals surface area contributed by atoms with Gasteiger partial charge in [-0.15, -0.1) is 0 Å². The predicted octanol–water partition coefficient (Wildman–Crippen LogP) is -0.943. The fraction of sp³-hybridized carbons (Fsp3) is 0.562. The molecule has 1 heterocycles. The molecule has 0 saturated carbocycles. The molecule has 1 fully saturated rings.